The Balaban J connectivity index is 0.000000171. The van der Waals surface area contributed by atoms with Crippen LogP contribution in [0.3, 0.4) is 0 Å². The maximum absolute atomic E-state index is 14.6. The Morgan fingerprint density at radius 2 is 0.600 bits per heavy atom. The van der Waals surface area contributed by atoms with Gasteiger partial charge in [0.05, 0.1) is 130 Å². The summed E-state index contributed by atoms with van der Waals surface area (Å²) in [5, 5.41) is 59.8. The summed E-state index contributed by atoms with van der Waals surface area (Å²) in [7, 11) is 0. The van der Waals surface area contributed by atoms with Crippen LogP contribution in [-0.2, 0) is 14.4 Å². The molecule has 3 aromatic carbocycles. The van der Waals surface area contributed by atoms with E-state index in [4.69, 9.17) is 154 Å². The van der Waals surface area contributed by atoms with E-state index >= 15 is 0 Å². The van der Waals surface area contributed by atoms with Crippen LogP contribution in [0.2, 0.25) is 60.3 Å². The highest BCUT2D eigenvalue weighted by Gasteiger charge is 2.38. The van der Waals surface area contributed by atoms with Crippen LogP contribution in [0.1, 0.15) is 110 Å². The number of aromatic hydroxyl groups is 3. The summed E-state index contributed by atoms with van der Waals surface area (Å²) in [5.74, 6) is -6.71. The molecule has 12 heterocycles. The third kappa shape index (κ3) is 18.2. The molecule has 3 N–H and O–H groups in total. The number of halogens is 15. The Bertz CT molecular complexity index is 6650. The monoisotopic (exact) mass is 2060 g/mol. The van der Waals surface area contributed by atoms with Gasteiger partial charge in [-0.15, -0.1) is 0 Å². The molecule has 0 spiro atoms. The molecule has 0 radical (unpaired) electrons. The largest absolute Gasteiger partial charge is 0.506 e. The molecular weight excluding hydrogens is 2000 g/mol. The Morgan fingerprint density at radius 1 is 0.378 bits per heavy atom. The molecule has 42 heteroatoms. The van der Waals surface area contributed by atoms with Gasteiger partial charge in [0, 0.05) is 113 Å². The molecule has 0 aliphatic carbocycles. The second-order valence-corrected chi connectivity index (χ2v) is 36.7. The first-order chi connectivity index (χ1) is 64.0. The summed E-state index contributed by atoms with van der Waals surface area (Å²) in [4.78, 5) is 118. The van der Waals surface area contributed by atoms with Crippen LogP contribution in [0.5, 0.6) is 17.2 Å². The van der Waals surface area contributed by atoms with Crippen molar-refractivity contribution in [2.45, 2.75) is 80.1 Å². The number of aromatic nitrogens is 9. The van der Waals surface area contributed by atoms with Crippen LogP contribution in [0.4, 0.5) is 30.2 Å². The molecule has 27 nitrogen and oxygen atoms in total. The van der Waals surface area contributed by atoms with Crippen LogP contribution >= 0.6 is 139 Å². The zero-order chi connectivity index (χ0) is 98.7. The first kappa shape index (κ1) is 101. The lowest BCUT2D eigenvalue weighted by Gasteiger charge is -2.36. The predicted molar refractivity (Wildman–Crippen MR) is 524 cm³/mol. The van der Waals surface area contributed by atoms with Crippen molar-refractivity contribution in [3.05, 3.63) is 252 Å². The van der Waals surface area contributed by atoms with Gasteiger partial charge in [-0.1, -0.05) is 200 Å². The van der Waals surface area contributed by atoms with Crippen LogP contribution in [0.25, 0.3) is 83.9 Å². The molecule has 15 rings (SSSR count). The van der Waals surface area contributed by atoms with Gasteiger partial charge in [-0.25, -0.2) is 28.1 Å². The summed E-state index contributed by atoms with van der Waals surface area (Å²) in [6, 6.07) is 15.9. The van der Waals surface area contributed by atoms with Crippen molar-refractivity contribution in [2.75, 3.05) is 93.2 Å². The molecule has 0 bridgehead atoms. The maximum atomic E-state index is 14.6. The maximum Gasteiger partial charge on any atom is 0.276 e. The molecule has 135 heavy (non-hydrogen) atoms. The molecule has 3 amide bonds. The Morgan fingerprint density at radius 3 is 0.800 bits per heavy atom. The number of rotatable bonds is 15. The first-order valence-corrected chi connectivity index (χ1v) is 45.6. The van der Waals surface area contributed by atoms with Gasteiger partial charge in [0.2, 0.25) is 17.7 Å². The van der Waals surface area contributed by atoms with Crippen molar-refractivity contribution in [1.82, 2.24) is 58.3 Å². The third-order valence-electron chi connectivity index (χ3n) is 23.0. The van der Waals surface area contributed by atoms with E-state index in [1.165, 1.54) is 50.1 Å². The fraction of sp³-hybridized carbons (Fsp3) is 0.258. The van der Waals surface area contributed by atoms with E-state index in [9.17, 15) is 73.0 Å². The number of hydrogen-bond acceptors (Lipinski definition) is 21. The third-order valence-corrected chi connectivity index (χ3v) is 27.4. The number of benzene rings is 3. The molecule has 9 aromatic heterocycles. The van der Waals surface area contributed by atoms with Crippen LogP contribution in [-0.4, -0.2) is 170 Å². The smallest absolute Gasteiger partial charge is 0.276 e. The zero-order valence-corrected chi connectivity index (χ0v) is 81.8. The summed E-state index contributed by atoms with van der Waals surface area (Å²) >= 11 is 76.0. The van der Waals surface area contributed by atoms with Gasteiger partial charge in [0.1, 0.15) is 84.2 Å². The summed E-state index contributed by atoms with van der Waals surface area (Å²) < 4.78 is 47.6. The van der Waals surface area contributed by atoms with E-state index in [0.29, 0.717) is 146 Å². The lowest BCUT2D eigenvalue weighted by molar-refractivity contribution is -0.127. The van der Waals surface area contributed by atoms with Crippen molar-refractivity contribution in [3.8, 4) is 86.3 Å². The van der Waals surface area contributed by atoms with Crippen LogP contribution < -0.4 is 31.4 Å². The number of carbonyl (C=O) groups is 3. The van der Waals surface area contributed by atoms with Crippen molar-refractivity contribution in [2.24, 2.45) is 0 Å². The molecule has 696 valence electrons. The number of fused-ring (bicyclic) bond motifs is 3. The van der Waals surface area contributed by atoms with Crippen molar-refractivity contribution in [1.29, 1.82) is 15.8 Å². The molecular formula is C93H75Cl12F3N18O9. The Labute approximate surface area is 829 Å². The molecule has 0 unspecified atom stereocenters. The quantitative estimate of drug-likeness (QED) is 0.0487. The minimum Gasteiger partial charge on any atom is -0.506 e. The number of hydrogen-bond donors (Lipinski definition) is 3. The summed E-state index contributed by atoms with van der Waals surface area (Å²) in [6.07, 6.45) is 8.57. The van der Waals surface area contributed by atoms with Crippen molar-refractivity contribution < 1.29 is 42.9 Å². The molecule has 3 saturated heterocycles. The van der Waals surface area contributed by atoms with Gasteiger partial charge >= 0.3 is 0 Å². The highest BCUT2D eigenvalue weighted by Crippen LogP contribution is 2.54. The number of anilines is 3. The topological polar surface area (TPSA) is 346 Å². The summed E-state index contributed by atoms with van der Waals surface area (Å²) in [6.45, 7) is 31.2. The number of phenols is 3. The highest BCUT2D eigenvalue weighted by atomic mass is 35.5. The predicted octanol–water partition coefficient (Wildman–Crippen LogP) is 21.1. The normalized spacial score (nSPS) is 13.4. The van der Waals surface area contributed by atoms with Crippen molar-refractivity contribution in [3.63, 3.8) is 0 Å². The lowest BCUT2D eigenvalue weighted by Crippen LogP contribution is -2.49. The fourth-order valence-electron chi connectivity index (χ4n) is 16.4. The van der Waals surface area contributed by atoms with Crippen molar-refractivity contribution >= 4 is 207 Å². The van der Waals surface area contributed by atoms with Gasteiger partial charge in [0.25, 0.3) is 16.7 Å². The second kappa shape index (κ2) is 40.7. The van der Waals surface area contributed by atoms with Gasteiger partial charge in [0.15, 0.2) is 17.5 Å². The SMILES string of the molecule is C=CC(=O)N1CCN(c2c(C#N)c(=O)n(-c3c(C)ccnc3C(C)C)c3nc(-c4c(O)c(Cl)c(F)c(Cl)c4Cl)c(Cl)cc23)CC1.C=CC(=O)N1CCN(c2c(C#N)c(=O)n(-c3c(C)ccnc3C(C)C)c3nc(-c4c(O)c(Cl)c(F)c(Cl)c4Cl)c(Cl)cc23)CC1.C=CC(=O)N1CCN(c2c(C#N)c(=O)n(-c3c(C)ccnc3C(C)C)c3nc(-c4c(O)c(Cl)c(F)c(Cl)c4Cl)c(Cl)cc23)CC1. The number of piperazine rings is 3. The van der Waals surface area contributed by atoms with E-state index in [1.807, 2.05) is 56.2 Å². The number of amides is 3. The Hall–Kier alpha value is -11.6. The van der Waals surface area contributed by atoms with Gasteiger partial charge < -0.3 is 44.7 Å². The molecule has 0 saturated carbocycles. The van der Waals surface area contributed by atoms with Gasteiger partial charge in [-0.2, -0.15) is 15.8 Å². The van der Waals surface area contributed by atoms with Gasteiger partial charge in [-0.3, -0.25) is 57.4 Å². The zero-order valence-electron chi connectivity index (χ0n) is 72.8. The lowest BCUT2D eigenvalue weighted by atomic mass is 10.0. The number of nitrogens with zero attached hydrogens (tertiary/aromatic N) is 18. The van der Waals surface area contributed by atoms with Crippen LogP contribution in [0.15, 0.2) is 107 Å². The summed E-state index contributed by atoms with van der Waals surface area (Å²) in [5.41, 5.74) is 2.36. The number of aryl methyl sites for hydroxylation is 3. The highest BCUT2D eigenvalue weighted by molar-refractivity contribution is 6.49. The average molecular weight is 2070 g/mol. The minimum atomic E-state index is -1.12. The minimum absolute atomic E-state index is 0.0544. The number of pyridine rings is 9. The molecule has 3 aliphatic rings. The molecule has 0 atom stereocenters. The van der Waals surface area contributed by atoms with E-state index in [2.05, 4.69) is 52.9 Å². The van der Waals surface area contributed by atoms with Gasteiger partial charge in [-0.05, 0) is 110 Å². The number of carbonyl (C=O) groups excluding carboxylic acids is 3. The van der Waals surface area contributed by atoms with E-state index in [1.54, 1.807) is 72.3 Å². The fourth-order valence-corrected chi connectivity index (χ4v) is 19.2. The standard InChI is InChI=1S/3C31H25Cl4FN6O3/c3*1-5-19(43)40-8-10-41(11-9-40)28-16-12-18(32)26(20-21(33)22(34)24(36)23(35)29(20)44)39-30(16)42(31(45)17(28)13-37)27-15(4)6-7-38-25(27)14(2)3/h3*5-7,12,14,44H,1,8-11H2,2-4H3. The second-order valence-electron chi connectivity index (χ2n) is 32.0. The number of nitriles is 3. The average Bonchev–Trinajstić information content (AvgIpc) is 0.728. The van der Waals surface area contributed by atoms with E-state index < -0.39 is 96.6 Å². The molecule has 12 aromatic rings. The van der Waals surface area contributed by atoms with E-state index in [0.717, 1.165) is 0 Å². The molecule has 3 aliphatic heterocycles. The molecule has 3 fully saturated rings. The van der Waals surface area contributed by atoms with Crippen LogP contribution in [0, 0.1) is 72.2 Å². The Kier molecular flexibility index (Phi) is 30.4. The first-order valence-electron chi connectivity index (χ1n) is 41.1. The van der Waals surface area contributed by atoms with E-state index in [-0.39, 0.29) is 135 Å². The number of phenolic OH excluding ortho intramolecular Hbond substituents is 3.